The molecule has 3 saturated heterocycles. The van der Waals surface area contributed by atoms with Gasteiger partial charge in [0.1, 0.15) is 6.10 Å². The summed E-state index contributed by atoms with van der Waals surface area (Å²) in [5.74, 6) is -0.413. The molecule has 4 atom stereocenters. The van der Waals surface area contributed by atoms with E-state index in [-0.39, 0.29) is 36.5 Å². The Morgan fingerprint density at radius 3 is 2.60 bits per heavy atom. The molecule has 20 heavy (non-hydrogen) atoms. The summed E-state index contributed by atoms with van der Waals surface area (Å²) in [6, 6.07) is 0. The summed E-state index contributed by atoms with van der Waals surface area (Å²) in [6.07, 6.45) is -1.80. The van der Waals surface area contributed by atoms with Crippen molar-refractivity contribution in [1.82, 2.24) is 5.32 Å². The van der Waals surface area contributed by atoms with Crippen molar-refractivity contribution in [3.63, 3.8) is 0 Å². The number of rotatable bonds is 2. The maximum atomic E-state index is 11.3. The number of carbonyl (C=O) groups excluding carboxylic acids is 2. The summed E-state index contributed by atoms with van der Waals surface area (Å²) >= 11 is 0. The van der Waals surface area contributed by atoms with Crippen LogP contribution >= 0.6 is 0 Å². The van der Waals surface area contributed by atoms with E-state index in [1.165, 1.54) is 0 Å². The normalized spacial score (nSPS) is 35.2. The van der Waals surface area contributed by atoms with E-state index in [1.807, 2.05) is 0 Å². The van der Waals surface area contributed by atoms with Gasteiger partial charge in [0.25, 0.3) is 5.91 Å². The zero-order chi connectivity index (χ0) is 14.7. The Hall–Kier alpha value is -1.71. The second-order valence-corrected chi connectivity index (χ2v) is 4.59. The first-order valence-electron chi connectivity index (χ1n) is 6.11. The molecule has 0 bridgehead atoms. The van der Waals surface area contributed by atoms with Gasteiger partial charge < -0.3 is 24.4 Å². The van der Waals surface area contributed by atoms with E-state index in [1.54, 1.807) is 0 Å². The largest absolute Gasteiger partial charge is 0.503 e. The molecule has 0 aromatic heterocycles. The minimum absolute atomic E-state index is 0.119. The first kappa shape index (κ1) is 14.7. The SMILES string of the molecule is O=C(O)O.O=C1CC(OC2COC3OCCC23)C(=O)N1. The van der Waals surface area contributed by atoms with Gasteiger partial charge in [-0.25, -0.2) is 4.79 Å². The van der Waals surface area contributed by atoms with Crippen molar-refractivity contribution in [3.8, 4) is 0 Å². The van der Waals surface area contributed by atoms with Crippen LogP contribution in [-0.2, 0) is 23.8 Å². The molecule has 3 heterocycles. The van der Waals surface area contributed by atoms with Crippen molar-refractivity contribution >= 4 is 18.0 Å². The summed E-state index contributed by atoms with van der Waals surface area (Å²) in [5.41, 5.74) is 0. The molecule has 3 fully saturated rings. The van der Waals surface area contributed by atoms with E-state index >= 15 is 0 Å². The highest BCUT2D eigenvalue weighted by Gasteiger charge is 2.45. The van der Waals surface area contributed by atoms with Crippen LogP contribution in [0.2, 0.25) is 0 Å². The van der Waals surface area contributed by atoms with E-state index in [9.17, 15) is 9.59 Å². The van der Waals surface area contributed by atoms with Crippen molar-refractivity contribution < 1.29 is 38.8 Å². The molecule has 0 radical (unpaired) electrons. The lowest BCUT2D eigenvalue weighted by atomic mass is 10.0. The Bertz CT molecular complexity index is 407. The third-order valence-corrected chi connectivity index (χ3v) is 3.25. The van der Waals surface area contributed by atoms with Crippen LogP contribution in [0.1, 0.15) is 12.8 Å². The second-order valence-electron chi connectivity index (χ2n) is 4.59. The van der Waals surface area contributed by atoms with Crippen molar-refractivity contribution in [2.24, 2.45) is 5.92 Å². The van der Waals surface area contributed by atoms with Gasteiger partial charge in [0.05, 0.1) is 25.7 Å². The predicted octanol–water partition coefficient (Wildman–Crippen LogP) is -0.598. The topological polar surface area (TPSA) is 131 Å². The zero-order valence-corrected chi connectivity index (χ0v) is 10.5. The molecule has 2 amide bonds. The van der Waals surface area contributed by atoms with Gasteiger partial charge in [-0.1, -0.05) is 0 Å². The molecule has 112 valence electrons. The molecule has 0 aliphatic carbocycles. The summed E-state index contributed by atoms with van der Waals surface area (Å²) in [7, 11) is 0. The summed E-state index contributed by atoms with van der Waals surface area (Å²) in [6.45, 7) is 1.11. The fraction of sp³-hybridized carbons (Fsp3) is 0.727. The lowest BCUT2D eigenvalue weighted by molar-refractivity contribution is -0.133. The molecule has 0 aromatic rings. The Kier molecular flexibility index (Phi) is 4.53. The van der Waals surface area contributed by atoms with E-state index in [0.29, 0.717) is 13.2 Å². The minimum Gasteiger partial charge on any atom is -0.450 e. The summed E-state index contributed by atoms with van der Waals surface area (Å²) in [5, 5.41) is 16.2. The quantitative estimate of drug-likeness (QED) is 0.574. The number of hydrogen-bond donors (Lipinski definition) is 3. The molecule has 0 aromatic carbocycles. The van der Waals surface area contributed by atoms with Gasteiger partial charge >= 0.3 is 6.16 Å². The minimum atomic E-state index is -1.83. The summed E-state index contributed by atoms with van der Waals surface area (Å²) in [4.78, 5) is 30.9. The van der Waals surface area contributed by atoms with Crippen molar-refractivity contribution in [2.75, 3.05) is 13.2 Å². The highest BCUT2D eigenvalue weighted by Crippen LogP contribution is 2.34. The average molecular weight is 289 g/mol. The van der Waals surface area contributed by atoms with E-state index in [0.717, 1.165) is 6.42 Å². The summed E-state index contributed by atoms with van der Waals surface area (Å²) < 4.78 is 16.4. The lowest BCUT2D eigenvalue weighted by Crippen LogP contribution is -2.33. The molecule has 0 saturated carbocycles. The van der Waals surface area contributed by atoms with Crippen molar-refractivity contribution in [2.45, 2.75) is 31.3 Å². The van der Waals surface area contributed by atoms with Gasteiger partial charge in [-0.05, 0) is 6.42 Å². The molecule has 9 nitrogen and oxygen atoms in total. The van der Waals surface area contributed by atoms with Gasteiger partial charge in [0, 0.05) is 5.92 Å². The van der Waals surface area contributed by atoms with Gasteiger partial charge in [-0.15, -0.1) is 0 Å². The maximum Gasteiger partial charge on any atom is 0.503 e. The maximum absolute atomic E-state index is 11.3. The average Bonchev–Trinajstić information content (AvgIpc) is 2.97. The van der Waals surface area contributed by atoms with Crippen LogP contribution in [0.4, 0.5) is 4.79 Å². The van der Waals surface area contributed by atoms with Crippen LogP contribution in [0, 0.1) is 5.92 Å². The lowest BCUT2D eigenvalue weighted by Gasteiger charge is -2.18. The van der Waals surface area contributed by atoms with E-state index < -0.39 is 12.3 Å². The highest BCUT2D eigenvalue weighted by molar-refractivity contribution is 6.04. The van der Waals surface area contributed by atoms with Gasteiger partial charge in [0.2, 0.25) is 5.91 Å². The third-order valence-electron chi connectivity index (χ3n) is 3.25. The molecule has 3 N–H and O–H groups in total. The van der Waals surface area contributed by atoms with Gasteiger partial charge in [-0.3, -0.25) is 14.9 Å². The number of carboxylic acid groups (broad SMARTS) is 2. The highest BCUT2D eigenvalue weighted by atomic mass is 16.7. The molecular formula is C11H15NO8. The number of hydrogen-bond acceptors (Lipinski definition) is 6. The molecule has 0 spiro atoms. The van der Waals surface area contributed by atoms with Gasteiger partial charge in [0.15, 0.2) is 6.29 Å². The molecule has 3 aliphatic rings. The van der Waals surface area contributed by atoms with Gasteiger partial charge in [-0.2, -0.15) is 0 Å². The smallest absolute Gasteiger partial charge is 0.450 e. The van der Waals surface area contributed by atoms with Crippen LogP contribution < -0.4 is 5.32 Å². The predicted molar refractivity (Wildman–Crippen MR) is 60.9 cm³/mol. The number of fused-ring (bicyclic) bond motifs is 1. The molecule has 3 aliphatic heterocycles. The Morgan fingerprint density at radius 1 is 1.30 bits per heavy atom. The molecule has 9 heteroatoms. The number of imide groups is 1. The van der Waals surface area contributed by atoms with Crippen LogP contribution in [0.5, 0.6) is 0 Å². The van der Waals surface area contributed by atoms with Crippen molar-refractivity contribution in [1.29, 1.82) is 0 Å². The van der Waals surface area contributed by atoms with Crippen LogP contribution in [0.3, 0.4) is 0 Å². The number of ether oxygens (including phenoxy) is 3. The van der Waals surface area contributed by atoms with Crippen LogP contribution in [0.25, 0.3) is 0 Å². The van der Waals surface area contributed by atoms with E-state index in [2.05, 4.69) is 5.32 Å². The van der Waals surface area contributed by atoms with Crippen molar-refractivity contribution in [3.05, 3.63) is 0 Å². The van der Waals surface area contributed by atoms with Crippen LogP contribution in [0.15, 0.2) is 0 Å². The standard InChI is InChI=1S/C10H13NO5.CH2O3/c12-8-3-6(9(13)11-8)16-7-4-15-10-5(7)1-2-14-10;2-1(3)4/h5-7,10H,1-4H2,(H,11,12,13);(H2,2,3,4). The molecular weight excluding hydrogens is 274 g/mol. The first-order valence-corrected chi connectivity index (χ1v) is 6.11. The monoisotopic (exact) mass is 289 g/mol. The second kappa shape index (κ2) is 6.16. The zero-order valence-electron chi connectivity index (χ0n) is 10.5. The van der Waals surface area contributed by atoms with Crippen LogP contribution in [-0.4, -0.2) is 59.9 Å². The molecule has 3 rings (SSSR count). The number of amides is 2. The van der Waals surface area contributed by atoms with E-state index in [4.69, 9.17) is 29.2 Å². The fourth-order valence-corrected chi connectivity index (χ4v) is 2.42. The fourth-order valence-electron chi connectivity index (χ4n) is 2.42. The first-order chi connectivity index (χ1) is 9.47. The molecule has 4 unspecified atom stereocenters. The Labute approximate surface area is 113 Å². The third kappa shape index (κ3) is 3.44. The Morgan fingerprint density at radius 2 is 2.00 bits per heavy atom. The number of carbonyl (C=O) groups is 3. The number of nitrogens with one attached hydrogen (secondary N) is 1. The Balaban J connectivity index is 0.000000328.